The first-order valence-corrected chi connectivity index (χ1v) is 7.94. The molecule has 0 unspecified atom stereocenters. The molecule has 3 rings (SSSR count). The van der Waals surface area contributed by atoms with Crippen LogP contribution in [0.4, 0.5) is 0 Å². The lowest BCUT2D eigenvalue weighted by Crippen LogP contribution is -2.26. The Balaban J connectivity index is 1.82. The topological polar surface area (TPSA) is 51.5 Å². The van der Waals surface area contributed by atoms with Gasteiger partial charge in [0.15, 0.2) is 5.76 Å². The van der Waals surface area contributed by atoms with Crippen molar-refractivity contribution in [1.29, 1.82) is 0 Å². The lowest BCUT2D eigenvalue weighted by molar-refractivity contribution is 0.0913. The second kappa shape index (κ2) is 6.40. The highest BCUT2D eigenvalue weighted by molar-refractivity contribution is 5.99. The van der Waals surface area contributed by atoms with Crippen LogP contribution in [0.5, 0.6) is 5.75 Å². The van der Waals surface area contributed by atoms with Gasteiger partial charge in [-0.25, -0.2) is 0 Å². The Bertz CT molecular complexity index is 878. The summed E-state index contributed by atoms with van der Waals surface area (Å²) >= 11 is 0. The molecule has 4 nitrogen and oxygen atoms in total. The number of carbonyl (C=O) groups is 1. The average molecular weight is 323 g/mol. The van der Waals surface area contributed by atoms with Crippen molar-refractivity contribution in [3.63, 3.8) is 0 Å². The number of carbonyl (C=O) groups excluding carboxylic acids is 1. The molecule has 1 N–H and O–H groups in total. The minimum Gasteiger partial charge on any atom is -0.497 e. The Labute approximate surface area is 141 Å². The minimum absolute atomic E-state index is 0.127. The molecule has 3 aromatic rings. The molecule has 124 valence electrons. The van der Waals surface area contributed by atoms with Crippen molar-refractivity contribution < 1.29 is 13.9 Å². The van der Waals surface area contributed by atoms with Crippen LogP contribution < -0.4 is 10.1 Å². The fraction of sp³-hybridized carbons (Fsp3) is 0.250. The van der Waals surface area contributed by atoms with Gasteiger partial charge in [0.05, 0.1) is 13.2 Å². The van der Waals surface area contributed by atoms with Crippen LogP contribution in [0.3, 0.4) is 0 Å². The molecule has 0 aliphatic carbocycles. The van der Waals surface area contributed by atoms with E-state index in [1.54, 1.807) is 7.11 Å². The first-order chi connectivity index (χ1) is 11.5. The third-order valence-electron chi connectivity index (χ3n) is 4.26. The number of hydrogen-bond acceptors (Lipinski definition) is 3. The zero-order chi connectivity index (χ0) is 17.3. The first kappa shape index (κ1) is 16.1. The maximum absolute atomic E-state index is 12.6. The summed E-state index contributed by atoms with van der Waals surface area (Å²) in [6.07, 6.45) is 0. The molecule has 0 fully saturated rings. The zero-order valence-corrected chi connectivity index (χ0v) is 14.3. The molecule has 0 bridgehead atoms. The summed E-state index contributed by atoms with van der Waals surface area (Å²) in [5.41, 5.74) is 3.76. The summed E-state index contributed by atoms with van der Waals surface area (Å²) in [6, 6.07) is 13.4. The van der Waals surface area contributed by atoms with Gasteiger partial charge in [-0.05, 0) is 50.6 Å². The molecular weight excluding hydrogens is 302 g/mol. The lowest BCUT2D eigenvalue weighted by Gasteiger charge is -2.14. The summed E-state index contributed by atoms with van der Waals surface area (Å²) in [7, 11) is 1.63. The lowest BCUT2D eigenvalue weighted by atomic mass is 10.1. The van der Waals surface area contributed by atoms with Gasteiger partial charge in [-0.3, -0.25) is 4.79 Å². The molecule has 24 heavy (non-hydrogen) atoms. The number of amides is 1. The number of rotatable bonds is 4. The number of furan rings is 1. The second-order valence-electron chi connectivity index (χ2n) is 6.02. The molecule has 0 saturated heterocycles. The van der Waals surface area contributed by atoms with Gasteiger partial charge in [-0.1, -0.05) is 23.8 Å². The van der Waals surface area contributed by atoms with Crippen molar-refractivity contribution in [3.8, 4) is 5.75 Å². The van der Waals surface area contributed by atoms with Crippen LogP contribution in [0.15, 0.2) is 46.9 Å². The van der Waals surface area contributed by atoms with Gasteiger partial charge in [-0.15, -0.1) is 0 Å². The van der Waals surface area contributed by atoms with Crippen LogP contribution in [0.1, 0.15) is 40.2 Å². The van der Waals surface area contributed by atoms with Crippen molar-refractivity contribution in [1.82, 2.24) is 5.32 Å². The highest BCUT2D eigenvalue weighted by atomic mass is 16.5. The van der Waals surface area contributed by atoms with Crippen LogP contribution in [-0.4, -0.2) is 13.0 Å². The quantitative estimate of drug-likeness (QED) is 0.766. The zero-order valence-electron chi connectivity index (χ0n) is 14.3. The van der Waals surface area contributed by atoms with E-state index in [2.05, 4.69) is 5.32 Å². The SMILES string of the molecule is COc1ccc([C@H](C)NC(=O)c2oc3ccc(C)cc3c2C)cc1. The number of hydrogen-bond donors (Lipinski definition) is 1. The van der Waals surface area contributed by atoms with Gasteiger partial charge in [0.1, 0.15) is 11.3 Å². The Morgan fingerprint density at radius 2 is 1.83 bits per heavy atom. The van der Waals surface area contributed by atoms with E-state index < -0.39 is 0 Å². The van der Waals surface area contributed by atoms with E-state index in [0.717, 1.165) is 33.4 Å². The Morgan fingerprint density at radius 3 is 2.50 bits per heavy atom. The van der Waals surface area contributed by atoms with Gasteiger partial charge < -0.3 is 14.5 Å². The molecule has 4 heteroatoms. The molecule has 0 spiro atoms. The standard InChI is InChI=1S/C20H21NO3/c1-12-5-10-18-17(11-12)13(2)19(24-18)20(22)21-14(3)15-6-8-16(23-4)9-7-15/h5-11,14H,1-4H3,(H,21,22)/t14-/m0/s1. The highest BCUT2D eigenvalue weighted by Gasteiger charge is 2.19. The van der Waals surface area contributed by atoms with E-state index in [9.17, 15) is 4.79 Å². The maximum atomic E-state index is 12.6. The highest BCUT2D eigenvalue weighted by Crippen LogP contribution is 2.27. The van der Waals surface area contributed by atoms with Crippen molar-refractivity contribution >= 4 is 16.9 Å². The predicted molar refractivity (Wildman–Crippen MR) is 94.6 cm³/mol. The summed E-state index contributed by atoms with van der Waals surface area (Å²) in [4.78, 5) is 12.6. The van der Waals surface area contributed by atoms with Gasteiger partial charge in [-0.2, -0.15) is 0 Å². The summed E-state index contributed by atoms with van der Waals surface area (Å²) < 4.78 is 10.9. The van der Waals surface area contributed by atoms with E-state index in [4.69, 9.17) is 9.15 Å². The molecule has 0 saturated carbocycles. The van der Waals surface area contributed by atoms with E-state index >= 15 is 0 Å². The van der Waals surface area contributed by atoms with Crippen LogP contribution >= 0.6 is 0 Å². The second-order valence-corrected chi connectivity index (χ2v) is 6.02. The molecule has 1 amide bonds. The van der Waals surface area contributed by atoms with Gasteiger partial charge in [0.25, 0.3) is 5.91 Å². The summed E-state index contributed by atoms with van der Waals surface area (Å²) in [5.74, 6) is 0.960. The van der Waals surface area contributed by atoms with E-state index in [1.807, 2.05) is 63.2 Å². The van der Waals surface area contributed by atoms with Crippen molar-refractivity contribution in [2.75, 3.05) is 7.11 Å². The molecule has 0 aliphatic rings. The minimum atomic E-state index is -0.204. The smallest absolute Gasteiger partial charge is 0.287 e. The Morgan fingerprint density at radius 1 is 1.12 bits per heavy atom. The maximum Gasteiger partial charge on any atom is 0.287 e. The van der Waals surface area contributed by atoms with Gasteiger partial charge in [0, 0.05) is 10.9 Å². The van der Waals surface area contributed by atoms with Crippen LogP contribution in [-0.2, 0) is 0 Å². The predicted octanol–water partition coefficient (Wildman–Crippen LogP) is 4.55. The first-order valence-electron chi connectivity index (χ1n) is 7.94. The fourth-order valence-corrected chi connectivity index (χ4v) is 2.79. The number of nitrogens with one attached hydrogen (secondary N) is 1. The fourth-order valence-electron chi connectivity index (χ4n) is 2.79. The van der Waals surface area contributed by atoms with Gasteiger partial charge in [0.2, 0.25) is 0 Å². The van der Waals surface area contributed by atoms with Crippen LogP contribution in [0.2, 0.25) is 0 Å². The molecule has 1 heterocycles. The van der Waals surface area contributed by atoms with E-state index in [1.165, 1.54) is 0 Å². The molecule has 0 radical (unpaired) electrons. The number of aryl methyl sites for hydroxylation is 2. The molecule has 1 aromatic heterocycles. The normalized spacial score (nSPS) is 12.2. The number of ether oxygens (including phenoxy) is 1. The Kier molecular flexibility index (Phi) is 4.30. The van der Waals surface area contributed by atoms with Crippen molar-refractivity contribution in [2.45, 2.75) is 26.8 Å². The Hall–Kier alpha value is -2.75. The van der Waals surface area contributed by atoms with E-state index in [0.29, 0.717) is 5.76 Å². The van der Waals surface area contributed by atoms with Crippen LogP contribution in [0.25, 0.3) is 11.0 Å². The molecule has 0 aliphatic heterocycles. The van der Waals surface area contributed by atoms with Gasteiger partial charge >= 0.3 is 0 Å². The van der Waals surface area contributed by atoms with Crippen molar-refractivity contribution in [2.24, 2.45) is 0 Å². The molecular formula is C20H21NO3. The van der Waals surface area contributed by atoms with Crippen LogP contribution in [0, 0.1) is 13.8 Å². The number of fused-ring (bicyclic) bond motifs is 1. The van der Waals surface area contributed by atoms with Crippen molar-refractivity contribution in [3.05, 3.63) is 64.9 Å². The summed E-state index contributed by atoms with van der Waals surface area (Å²) in [5, 5.41) is 3.98. The third kappa shape index (κ3) is 3.00. The van der Waals surface area contributed by atoms with E-state index in [-0.39, 0.29) is 11.9 Å². The summed E-state index contributed by atoms with van der Waals surface area (Å²) in [6.45, 7) is 5.89. The largest absolute Gasteiger partial charge is 0.497 e. The monoisotopic (exact) mass is 323 g/mol. The molecule has 1 atom stereocenters. The number of benzene rings is 2. The average Bonchev–Trinajstić information content (AvgIpc) is 2.91. The third-order valence-corrected chi connectivity index (χ3v) is 4.26. The number of methoxy groups -OCH3 is 1. The molecule has 2 aromatic carbocycles.